The highest BCUT2D eigenvalue weighted by Gasteiger charge is 2.41. The van der Waals surface area contributed by atoms with Gasteiger partial charge in [-0.25, -0.2) is 4.67 Å². The lowest BCUT2D eigenvalue weighted by Gasteiger charge is -2.36. The maximum absolute atomic E-state index is 9.20. The Labute approximate surface area is 75.4 Å². The SMILES string of the molecule is CCC1(CC)CCCN1P(O)O. The lowest BCUT2D eigenvalue weighted by molar-refractivity contribution is 0.198. The van der Waals surface area contributed by atoms with Crippen LogP contribution in [0.4, 0.5) is 0 Å². The van der Waals surface area contributed by atoms with Crippen molar-refractivity contribution in [2.45, 2.75) is 45.1 Å². The highest BCUT2D eigenvalue weighted by Crippen LogP contribution is 2.47. The molecule has 0 atom stereocenters. The molecular weight excluding hydrogens is 173 g/mol. The molecule has 0 bridgehead atoms. The van der Waals surface area contributed by atoms with Gasteiger partial charge >= 0.3 is 0 Å². The summed E-state index contributed by atoms with van der Waals surface area (Å²) >= 11 is 0. The van der Waals surface area contributed by atoms with Crippen molar-refractivity contribution in [3.63, 3.8) is 0 Å². The van der Waals surface area contributed by atoms with Crippen LogP contribution in [0.1, 0.15) is 39.5 Å². The minimum Gasteiger partial charge on any atom is -0.338 e. The van der Waals surface area contributed by atoms with E-state index in [1.54, 1.807) is 0 Å². The van der Waals surface area contributed by atoms with Crippen LogP contribution in [0, 0.1) is 0 Å². The van der Waals surface area contributed by atoms with Gasteiger partial charge in [0.25, 0.3) is 8.53 Å². The van der Waals surface area contributed by atoms with E-state index in [1.165, 1.54) is 0 Å². The van der Waals surface area contributed by atoms with E-state index in [0.29, 0.717) is 0 Å². The molecular formula is C8H18NO2P. The highest BCUT2D eigenvalue weighted by molar-refractivity contribution is 7.42. The molecule has 0 saturated carbocycles. The third-order valence-corrected chi connectivity index (χ3v) is 4.15. The van der Waals surface area contributed by atoms with Crippen LogP contribution in [0.5, 0.6) is 0 Å². The lowest BCUT2D eigenvalue weighted by atomic mass is 9.91. The Balaban J connectivity index is 2.72. The average Bonchev–Trinajstić information content (AvgIpc) is 2.48. The van der Waals surface area contributed by atoms with Crippen LogP contribution >= 0.6 is 8.53 Å². The van der Waals surface area contributed by atoms with Crippen LogP contribution in [0.15, 0.2) is 0 Å². The van der Waals surface area contributed by atoms with E-state index in [9.17, 15) is 9.79 Å². The van der Waals surface area contributed by atoms with Crippen LogP contribution in [-0.2, 0) is 0 Å². The molecule has 1 fully saturated rings. The van der Waals surface area contributed by atoms with Crippen LogP contribution in [-0.4, -0.2) is 26.5 Å². The molecule has 0 amide bonds. The Kier molecular flexibility index (Phi) is 3.47. The Morgan fingerprint density at radius 1 is 1.33 bits per heavy atom. The van der Waals surface area contributed by atoms with Gasteiger partial charge in [0.2, 0.25) is 0 Å². The summed E-state index contributed by atoms with van der Waals surface area (Å²) in [5, 5.41) is 0. The summed E-state index contributed by atoms with van der Waals surface area (Å²) < 4.78 is 1.88. The predicted molar refractivity (Wildman–Crippen MR) is 50.6 cm³/mol. The van der Waals surface area contributed by atoms with Gasteiger partial charge in [-0.2, -0.15) is 0 Å². The maximum atomic E-state index is 9.20. The van der Waals surface area contributed by atoms with Crippen molar-refractivity contribution < 1.29 is 9.79 Å². The van der Waals surface area contributed by atoms with Crippen molar-refractivity contribution in [3.05, 3.63) is 0 Å². The van der Waals surface area contributed by atoms with Gasteiger partial charge in [0.05, 0.1) is 0 Å². The maximum Gasteiger partial charge on any atom is 0.253 e. The fraction of sp³-hybridized carbons (Fsp3) is 1.00. The van der Waals surface area contributed by atoms with Gasteiger partial charge < -0.3 is 9.79 Å². The Bertz CT molecular complexity index is 148. The van der Waals surface area contributed by atoms with Gasteiger partial charge in [-0.1, -0.05) is 13.8 Å². The first kappa shape index (κ1) is 10.4. The zero-order valence-electron chi connectivity index (χ0n) is 7.82. The van der Waals surface area contributed by atoms with Crippen molar-refractivity contribution >= 4 is 8.53 Å². The molecule has 0 radical (unpaired) electrons. The number of hydrogen-bond acceptors (Lipinski definition) is 3. The summed E-state index contributed by atoms with van der Waals surface area (Å²) in [7, 11) is -1.87. The van der Waals surface area contributed by atoms with E-state index in [0.717, 1.165) is 32.2 Å². The number of nitrogens with zero attached hydrogens (tertiary/aromatic N) is 1. The number of hydrogen-bond donors (Lipinski definition) is 2. The van der Waals surface area contributed by atoms with Gasteiger partial charge in [-0.3, -0.25) is 0 Å². The summed E-state index contributed by atoms with van der Waals surface area (Å²) in [6.45, 7) is 5.10. The minimum atomic E-state index is -1.87. The molecule has 72 valence electrons. The Morgan fingerprint density at radius 2 is 1.92 bits per heavy atom. The monoisotopic (exact) mass is 191 g/mol. The molecule has 1 heterocycles. The normalized spacial score (nSPS) is 23.8. The number of rotatable bonds is 3. The molecule has 1 aliphatic heterocycles. The summed E-state index contributed by atoms with van der Waals surface area (Å²) in [4.78, 5) is 18.4. The van der Waals surface area contributed by atoms with E-state index in [1.807, 2.05) is 4.67 Å². The second-order valence-electron chi connectivity index (χ2n) is 3.43. The summed E-state index contributed by atoms with van der Waals surface area (Å²) in [6.07, 6.45) is 4.24. The molecule has 0 unspecified atom stereocenters. The molecule has 12 heavy (non-hydrogen) atoms. The van der Waals surface area contributed by atoms with Crippen molar-refractivity contribution in [2.24, 2.45) is 0 Å². The molecule has 1 aliphatic rings. The smallest absolute Gasteiger partial charge is 0.253 e. The zero-order chi connectivity index (χ0) is 9.19. The van der Waals surface area contributed by atoms with Gasteiger partial charge in [0, 0.05) is 12.1 Å². The summed E-state index contributed by atoms with van der Waals surface area (Å²) in [5.74, 6) is 0. The molecule has 2 N–H and O–H groups in total. The van der Waals surface area contributed by atoms with E-state index in [2.05, 4.69) is 13.8 Å². The molecule has 0 aromatic rings. The fourth-order valence-corrected chi connectivity index (χ4v) is 3.25. The third-order valence-electron chi connectivity index (χ3n) is 3.09. The second-order valence-corrected chi connectivity index (χ2v) is 4.45. The first-order valence-electron chi connectivity index (χ1n) is 4.61. The summed E-state index contributed by atoms with van der Waals surface area (Å²) in [5.41, 5.74) is 0.0786. The molecule has 0 aromatic carbocycles. The van der Waals surface area contributed by atoms with Crippen molar-refractivity contribution in [1.29, 1.82) is 0 Å². The van der Waals surface area contributed by atoms with Crippen LogP contribution < -0.4 is 0 Å². The van der Waals surface area contributed by atoms with E-state index in [-0.39, 0.29) is 5.54 Å². The van der Waals surface area contributed by atoms with Crippen molar-refractivity contribution in [2.75, 3.05) is 6.54 Å². The third kappa shape index (κ3) is 1.64. The van der Waals surface area contributed by atoms with E-state index >= 15 is 0 Å². The molecule has 3 nitrogen and oxygen atoms in total. The minimum absolute atomic E-state index is 0.0786. The second kappa shape index (κ2) is 4.01. The largest absolute Gasteiger partial charge is 0.338 e. The molecule has 1 saturated heterocycles. The molecule has 4 heteroatoms. The topological polar surface area (TPSA) is 43.7 Å². The predicted octanol–water partition coefficient (Wildman–Crippen LogP) is 1.85. The van der Waals surface area contributed by atoms with Crippen molar-refractivity contribution in [1.82, 2.24) is 4.67 Å². The van der Waals surface area contributed by atoms with Gasteiger partial charge in [-0.05, 0) is 25.7 Å². The van der Waals surface area contributed by atoms with Gasteiger partial charge in [-0.15, -0.1) is 0 Å². The zero-order valence-corrected chi connectivity index (χ0v) is 8.72. The Morgan fingerprint density at radius 3 is 2.25 bits per heavy atom. The Hall–Kier alpha value is 0.310. The van der Waals surface area contributed by atoms with Crippen molar-refractivity contribution in [3.8, 4) is 0 Å². The van der Waals surface area contributed by atoms with Gasteiger partial charge in [0.15, 0.2) is 0 Å². The molecule has 0 aliphatic carbocycles. The molecule has 0 aromatic heterocycles. The van der Waals surface area contributed by atoms with E-state index in [4.69, 9.17) is 0 Å². The van der Waals surface area contributed by atoms with Crippen LogP contribution in [0.2, 0.25) is 0 Å². The molecule has 1 rings (SSSR count). The average molecular weight is 191 g/mol. The highest BCUT2D eigenvalue weighted by atomic mass is 31.2. The summed E-state index contributed by atoms with van der Waals surface area (Å²) in [6, 6.07) is 0. The first-order valence-corrected chi connectivity index (χ1v) is 5.81. The lowest BCUT2D eigenvalue weighted by Crippen LogP contribution is -2.39. The standard InChI is InChI=1S/C8H18NO2P/c1-3-8(4-2)6-5-7-9(8)12(10)11/h10-11H,3-7H2,1-2H3. The molecule has 0 spiro atoms. The van der Waals surface area contributed by atoms with Crippen LogP contribution in [0.25, 0.3) is 0 Å². The van der Waals surface area contributed by atoms with Crippen LogP contribution in [0.3, 0.4) is 0 Å². The fourth-order valence-electron chi connectivity index (χ4n) is 2.17. The first-order chi connectivity index (χ1) is 5.66. The van der Waals surface area contributed by atoms with Gasteiger partial charge in [0.1, 0.15) is 0 Å². The van der Waals surface area contributed by atoms with E-state index < -0.39 is 8.53 Å². The quantitative estimate of drug-likeness (QED) is 0.669.